The Labute approximate surface area is 351 Å². The van der Waals surface area contributed by atoms with E-state index in [1.165, 1.54) is 14.0 Å². The minimum Gasteiger partial charge on any atom is -0.481 e. The van der Waals surface area contributed by atoms with E-state index in [0.29, 0.717) is 19.3 Å². The lowest BCUT2D eigenvalue weighted by Gasteiger charge is -2.50. The van der Waals surface area contributed by atoms with Crippen molar-refractivity contribution in [2.24, 2.45) is 11.8 Å². The van der Waals surface area contributed by atoms with Crippen molar-refractivity contribution in [3.05, 3.63) is 36.3 Å². The van der Waals surface area contributed by atoms with Crippen molar-refractivity contribution in [1.82, 2.24) is 9.80 Å². The molecule has 0 spiro atoms. The highest BCUT2D eigenvalue weighted by Crippen LogP contribution is 2.37. The van der Waals surface area contributed by atoms with E-state index in [4.69, 9.17) is 37.9 Å². The minimum absolute atomic E-state index is 0.00712. The van der Waals surface area contributed by atoms with Crippen LogP contribution < -0.4 is 0 Å². The molecule has 0 amide bonds. The first kappa shape index (κ1) is 49.6. The lowest BCUT2D eigenvalue weighted by atomic mass is 9.82. The van der Waals surface area contributed by atoms with Gasteiger partial charge in [-0.2, -0.15) is 0 Å². The summed E-state index contributed by atoms with van der Waals surface area (Å²) in [7, 11) is 9.04. The molecular weight excluding hydrogens is 768 g/mol. The topological polar surface area (TPSA) is 199 Å². The Hall–Kier alpha value is -2.03. The van der Waals surface area contributed by atoms with Crippen molar-refractivity contribution in [2.45, 2.75) is 184 Å². The van der Waals surface area contributed by atoms with Gasteiger partial charge in [-0.3, -0.25) is 0 Å². The first-order valence-corrected chi connectivity index (χ1v) is 21.2. The molecule has 0 aromatic rings. The molecule has 59 heavy (non-hydrogen) atoms. The van der Waals surface area contributed by atoms with Crippen molar-refractivity contribution >= 4 is 6.29 Å². The van der Waals surface area contributed by atoms with E-state index in [1.807, 2.05) is 52.2 Å². The van der Waals surface area contributed by atoms with Crippen molar-refractivity contribution in [2.75, 3.05) is 35.3 Å². The van der Waals surface area contributed by atoms with Crippen LogP contribution in [0.25, 0.3) is 0 Å². The van der Waals surface area contributed by atoms with E-state index in [9.17, 15) is 30.3 Å². The van der Waals surface area contributed by atoms with E-state index in [1.54, 1.807) is 39.8 Å². The molecule has 0 bridgehead atoms. The second-order valence-corrected chi connectivity index (χ2v) is 17.7. The van der Waals surface area contributed by atoms with E-state index >= 15 is 0 Å². The Morgan fingerprint density at radius 3 is 2.17 bits per heavy atom. The summed E-state index contributed by atoms with van der Waals surface area (Å²) in [5.41, 5.74) is -1.47. The highest BCUT2D eigenvalue weighted by atomic mass is 16.7. The third kappa shape index (κ3) is 13.2. The number of rotatable bonds is 11. The van der Waals surface area contributed by atoms with Gasteiger partial charge in [0.25, 0.3) is 5.95 Å². The number of hydrogen-bond acceptors (Lipinski definition) is 16. The third-order valence-electron chi connectivity index (χ3n) is 12.3. The smallest absolute Gasteiger partial charge is 0.275 e. The van der Waals surface area contributed by atoms with Crippen LogP contribution >= 0.6 is 0 Å². The number of carbonyl (C=O) groups is 1. The van der Waals surface area contributed by atoms with Gasteiger partial charge in [-0.15, -0.1) is 0 Å². The number of carbonyl (C=O) groups excluding carboxylic acids is 1. The van der Waals surface area contributed by atoms with Crippen LogP contribution in [0.4, 0.5) is 0 Å². The molecule has 4 aliphatic rings. The maximum Gasteiger partial charge on any atom is 0.275 e. The highest BCUT2D eigenvalue weighted by molar-refractivity contribution is 5.50. The Morgan fingerprint density at radius 1 is 0.864 bits per heavy atom. The number of aliphatic hydroxyl groups excluding tert-OH is 4. The van der Waals surface area contributed by atoms with Crippen LogP contribution in [0.5, 0.6) is 0 Å². The van der Waals surface area contributed by atoms with Crippen LogP contribution in [-0.4, -0.2) is 181 Å². The largest absolute Gasteiger partial charge is 0.481 e. The van der Waals surface area contributed by atoms with Gasteiger partial charge in [-0.25, -0.2) is 0 Å². The Morgan fingerprint density at radius 2 is 1.56 bits per heavy atom. The molecule has 340 valence electrons. The van der Waals surface area contributed by atoms with Crippen LogP contribution in [0.15, 0.2) is 36.3 Å². The van der Waals surface area contributed by atoms with Crippen LogP contribution in [-0.2, 0) is 42.7 Å². The quantitative estimate of drug-likeness (QED) is 0.190. The molecule has 3 saturated heterocycles. The van der Waals surface area contributed by atoms with Gasteiger partial charge in [0.1, 0.15) is 42.9 Å². The van der Waals surface area contributed by atoms with Crippen molar-refractivity contribution in [3.63, 3.8) is 0 Å². The van der Waals surface area contributed by atoms with E-state index in [0.717, 1.165) is 18.8 Å². The molecule has 0 aliphatic carbocycles. The van der Waals surface area contributed by atoms with Gasteiger partial charge in [-0.05, 0) is 93.9 Å². The van der Waals surface area contributed by atoms with E-state index in [-0.39, 0.29) is 30.9 Å². The zero-order chi connectivity index (χ0) is 43.8. The summed E-state index contributed by atoms with van der Waals surface area (Å²) in [6, 6.07) is -0.462. The van der Waals surface area contributed by atoms with Gasteiger partial charge in [-0.1, -0.05) is 31.2 Å². The average Bonchev–Trinajstić information content (AvgIpc) is 3.13. The van der Waals surface area contributed by atoms with E-state index in [2.05, 4.69) is 4.90 Å². The minimum atomic E-state index is -1.48. The zero-order valence-electron chi connectivity index (χ0n) is 36.9. The number of allylic oxidation sites excluding steroid dienone is 2. The third-order valence-corrected chi connectivity index (χ3v) is 12.3. The maximum absolute atomic E-state index is 12.5. The molecule has 4 rings (SSSR count). The van der Waals surface area contributed by atoms with Crippen molar-refractivity contribution in [3.8, 4) is 0 Å². The van der Waals surface area contributed by atoms with Crippen LogP contribution in [0, 0.1) is 11.8 Å². The Bertz CT molecular complexity index is 1380. The Kier molecular flexibility index (Phi) is 18.8. The van der Waals surface area contributed by atoms with Crippen molar-refractivity contribution in [1.29, 1.82) is 0 Å². The number of hydrogen-bond donors (Lipinski definition) is 5. The molecule has 4 aliphatic heterocycles. The molecule has 12 unspecified atom stereocenters. The normalized spacial score (nSPS) is 46.6. The summed E-state index contributed by atoms with van der Waals surface area (Å²) in [4.78, 5) is 16.4. The molecule has 19 atom stereocenters. The molecule has 0 aromatic heterocycles. The predicted molar refractivity (Wildman–Crippen MR) is 218 cm³/mol. The molecule has 0 radical (unpaired) electrons. The van der Waals surface area contributed by atoms with Gasteiger partial charge in [0.2, 0.25) is 0 Å². The summed E-state index contributed by atoms with van der Waals surface area (Å²) in [6.45, 7) is 10.8. The zero-order valence-corrected chi connectivity index (χ0v) is 36.9. The van der Waals surface area contributed by atoms with Gasteiger partial charge < -0.3 is 78.0 Å². The molecule has 16 heteroatoms. The lowest BCUT2D eigenvalue weighted by Crippen LogP contribution is -2.65. The lowest BCUT2D eigenvalue weighted by molar-refractivity contribution is -0.343. The number of methoxy groups -OCH3 is 1. The molecule has 0 saturated carbocycles. The Balaban J connectivity index is 1.67. The van der Waals surface area contributed by atoms with Crippen LogP contribution in [0.2, 0.25) is 0 Å². The number of aliphatic hydroxyl groups is 5. The van der Waals surface area contributed by atoms with Crippen LogP contribution in [0.1, 0.15) is 80.1 Å². The van der Waals surface area contributed by atoms with Gasteiger partial charge in [0, 0.05) is 38.5 Å². The summed E-state index contributed by atoms with van der Waals surface area (Å²) in [5.74, 6) is -1.34. The van der Waals surface area contributed by atoms with Gasteiger partial charge in [0.05, 0.1) is 42.2 Å². The predicted octanol–water partition coefficient (Wildman–Crippen LogP) is 2.81. The molecule has 3 fully saturated rings. The summed E-state index contributed by atoms with van der Waals surface area (Å²) in [6.07, 6.45) is 0.0204. The fraction of sp³-hybridized carbons (Fsp3) is 0.837. The summed E-state index contributed by atoms with van der Waals surface area (Å²) < 4.78 is 50.1. The number of likely N-dealkylation sites (N-methyl/N-ethyl adjacent to an activating group) is 2. The number of nitrogens with zero attached hydrogens (tertiary/aromatic N) is 2. The summed E-state index contributed by atoms with van der Waals surface area (Å²) >= 11 is 0. The fourth-order valence-corrected chi connectivity index (χ4v) is 8.99. The molecule has 0 aromatic carbocycles. The van der Waals surface area contributed by atoms with Crippen molar-refractivity contribution < 1.29 is 68.2 Å². The summed E-state index contributed by atoms with van der Waals surface area (Å²) in [5, 5.41) is 55.8. The second-order valence-electron chi connectivity index (χ2n) is 17.7. The SMILES string of the molecule is CO[C@@H]1[C@@H](OC2OC(C)C(OC3CC(C)(O)C(O)C(C)O3)C(N(C)C)C2O)[C@@H](CC=O)C[C@@H](C)[C@@H](OC2CCC(N(C)C)C(C)O2)/C=C/C=C/C[C@@H](C)O/C(O)=C/[C@H]1O. The van der Waals surface area contributed by atoms with Crippen LogP contribution in [0.3, 0.4) is 0 Å². The average molecular weight is 843 g/mol. The second kappa shape index (κ2) is 22.4. The number of ether oxygens (including phenoxy) is 8. The standard InChI is InChI=1S/C43H74N2O14/c1-24-21-29(19-20-46)39(59-42-37(49)36(45(9)10)38(27(4)56-42)58-35-23-43(6,51)41(50)28(5)55-35)40(52-11)31(47)22-33(48)53-25(2)15-13-12-14-16-32(24)57-34-18-17-30(44(7)8)26(3)54-34/h12-14,16,20,22,24-32,34-42,47-51H,15,17-19,21,23H2,1-11H3/b13-12+,16-14+,33-22+/t24-,25-,26?,27?,28?,29+,30?,31-,32+,34?,35?,36?,37?,38?,39+,40+,41?,42?,43?/m1/s1. The maximum atomic E-state index is 12.5. The van der Waals surface area contributed by atoms with E-state index < -0.39 is 103 Å². The molecular formula is C43H74N2O14. The molecule has 4 heterocycles. The number of aldehydes is 1. The monoisotopic (exact) mass is 843 g/mol. The highest BCUT2D eigenvalue weighted by Gasteiger charge is 2.51. The van der Waals surface area contributed by atoms with Gasteiger partial charge >= 0.3 is 0 Å². The molecule has 16 nitrogen and oxygen atoms in total. The first-order chi connectivity index (χ1) is 27.8. The first-order valence-electron chi connectivity index (χ1n) is 21.2. The fourth-order valence-electron chi connectivity index (χ4n) is 8.99. The van der Waals surface area contributed by atoms with Gasteiger partial charge in [0.15, 0.2) is 18.9 Å². The molecule has 5 N–H and O–H groups in total.